The van der Waals surface area contributed by atoms with E-state index in [-0.39, 0.29) is 40.4 Å². The highest BCUT2D eigenvalue weighted by Crippen LogP contribution is 2.50. The molecule has 9 aliphatic heterocycles. The molecule has 9 heterocycles. The maximum absolute atomic E-state index is 16.7. The maximum atomic E-state index is 16.7. The second-order valence-electron chi connectivity index (χ2n) is 29.8. The van der Waals surface area contributed by atoms with Crippen molar-refractivity contribution in [3.8, 4) is 80.1 Å². The van der Waals surface area contributed by atoms with E-state index in [4.69, 9.17) is 56.4 Å². The molecule has 37 nitrogen and oxygen atoms in total. The van der Waals surface area contributed by atoms with Crippen molar-refractivity contribution in [2.45, 2.75) is 181 Å². The summed E-state index contributed by atoms with van der Waals surface area (Å²) < 4.78 is 43.9. The summed E-state index contributed by atoms with van der Waals surface area (Å²) in [5.74, 6) is -19.6. The van der Waals surface area contributed by atoms with Gasteiger partial charge in [0.1, 0.15) is 125 Å². The Morgan fingerprint density at radius 3 is 1.84 bits per heavy atom. The fourth-order valence-electron chi connectivity index (χ4n) is 15.1. The lowest BCUT2D eigenvalue weighted by Crippen LogP contribution is -2.66. The number of carboxylic acid groups (broad SMARTS) is 2. The average Bonchev–Trinajstić information content (AvgIpc) is 0.767. The van der Waals surface area contributed by atoms with Crippen molar-refractivity contribution >= 4 is 76.5 Å². The molecule has 7 aromatic carbocycles. The first-order chi connectivity index (χ1) is 57.8. The number of carboxylic acids is 2. The van der Waals surface area contributed by atoms with Gasteiger partial charge in [0.05, 0.1) is 16.7 Å². The minimum absolute atomic E-state index is 0.150. The minimum atomic E-state index is -2.47. The van der Waals surface area contributed by atoms with Crippen molar-refractivity contribution in [2.24, 2.45) is 0 Å². The number of aromatic hydroxyl groups is 4. The molecule has 0 saturated carbocycles. The van der Waals surface area contributed by atoms with Crippen LogP contribution < -0.4 is 66.2 Å². The highest BCUT2D eigenvalue weighted by Gasteiger charge is 2.52. The molecule has 7 aromatic rings. The summed E-state index contributed by atoms with van der Waals surface area (Å²) in [6.45, 7) is 1.09. The number of aliphatic hydroxyl groups excluding tert-OH is 7. The van der Waals surface area contributed by atoms with Crippen LogP contribution in [0.25, 0.3) is 11.1 Å². The molecule has 642 valence electrons. The Kier molecular flexibility index (Phi) is 26.6. The number of fused-ring (bicyclic) bond motifs is 14. The molecule has 121 heavy (non-hydrogen) atoms. The Morgan fingerprint density at radius 2 is 1.17 bits per heavy atom. The Hall–Kier alpha value is -11.8. The Bertz CT molecular complexity index is 5160. The van der Waals surface area contributed by atoms with Crippen LogP contribution in [0.2, 0.25) is 10.0 Å². The summed E-state index contributed by atoms with van der Waals surface area (Å²) in [5, 5.41) is 167. The van der Waals surface area contributed by atoms with Gasteiger partial charge in [-0.3, -0.25) is 33.6 Å². The highest BCUT2D eigenvalue weighted by atomic mass is 35.5. The zero-order valence-corrected chi connectivity index (χ0v) is 65.8. The number of ether oxygens (including phenoxy) is 7. The van der Waals surface area contributed by atoms with Crippen LogP contribution in [0, 0.1) is 0 Å². The number of rotatable bonds is 18. The number of benzene rings is 7. The number of phenolic OH excluding ortho intramolecular Hbond substituents is 4. The van der Waals surface area contributed by atoms with E-state index in [1.165, 1.54) is 49.5 Å². The van der Waals surface area contributed by atoms with E-state index in [9.17, 15) is 85.6 Å². The number of phenols is 4. The molecule has 0 unspecified atom stereocenters. The normalized spacial score (nSPS) is 26.6. The molecule has 2 saturated heterocycles. The van der Waals surface area contributed by atoms with Crippen LogP contribution in [0.5, 0.6) is 69.0 Å². The van der Waals surface area contributed by atoms with Crippen LogP contribution in [-0.4, -0.2) is 207 Å². The smallest absolute Gasteiger partial charge is 0.335 e. The summed E-state index contributed by atoms with van der Waals surface area (Å²) in [7, 11) is 1.41. The number of carbonyl (C=O) groups excluding carboxylic acids is 7. The molecule has 0 spiro atoms. The van der Waals surface area contributed by atoms with Gasteiger partial charge < -0.3 is 142 Å². The Morgan fingerprint density at radius 1 is 0.521 bits per heavy atom. The van der Waals surface area contributed by atoms with E-state index in [0.29, 0.717) is 12.8 Å². The number of aliphatic hydroxyl groups is 7. The van der Waals surface area contributed by atoms with E-state index in [1.54, 1.807) is 0 Å². The zero-order chi connectivity index (χ0) is 86.7. The van der Waals surface area contributed by atoms with Crippen molar-refractivity contribution in [2.75, 3.05) is 13.7 Å². The fourth-order valence-corrected chi connectivity index (χ4v) is 15.5. The van der Waals surface area contributed by atoms with Crippen molar-refractivity contribution < 1.29 is 143 Å². The lowest BCUT2D eigenvalue weighted by molar-refractivity contribution is -0.277. The predicted molar refractivity (Wildman–Crippen MR) is 419 cm³/mol. The van der Waals surface area contributed by atoms with Gasteiger partial charge in [-0.25, -0.2) is 9.59 Å². The van der Waals surface area contributed by atoms with Gasteiger partial charge in [-0.15, -0.1) is 0 Å². The molecule has 17 bridgehead atoms. The minimum Gasteiger partial charge on any atom is -0.508 e. The molecule has 39 heteroatoms. The van der Waals surface area contributed by atoms with Crippen LogP contribution in [0.15, 0.2) is 115 Å². The van der Waals surface area contributed by atoms with Crippen LogP contribution in [-0.2, 0) is 59.0 Å². The SMILES string of the molecule is CCCCCCCCCCC(=O)N[C@H]1[C@H](Oc2c3cc4cc2Oc2ccc(cc2Cl)[C@@H](O)[C@@H]2NC(=O)[C@H](NC(=O)[C@@H]4NC(=O)[C@H]4NC(=O)[C@@H](Cc5ccc(cc5)O3)NC(=O)[C@H](NC)c3ccc(c(O)c3)Oc3cc(O)c(Cl)c4c3)c3ccc(O)c(c3)-c3c(O[C@H]4O[C@H](CO)[C@@H](O)[C@H](O)[C@@H]4O)cc(O)cc3[C@@H](C(=O)O)NC2=O)O[C@H](C(=O)O)[C@@H](O)[C@@H]1O. The maximum Gasteiger partial charge on any atom is 0.335 e. The van der Waals surface area contributed by atoms with Gasteiger partial charge in [0, 0.05) is 47.2 Å². The van der Waals surface area contributed by atoms with Gasteiger partial charge in [0.25, 0.3) is 0 Å². The number of carbonyl (C=O) groups is 9. The van der Waals surface area contributed by atoms with Crippen molar-refractivity contribution in [3.63, 3.8) is 0 Å². The number of amides is 7. The second kappa shape index (κ2) is 37.0. The molecule has 0 radical (unpaired) electrons. The van der Waals surface area contributed by atoms with Gasteiger partial charge in [-0.1, -0.05) is 105 Å². The first-order valence-electron chi connectivity index (χ1n) is 38.6. The van der Waals surface area contributed by atoms with Crippen molar-refractivity contribution in [1.29, 1.82) is 0 Å². The molecule has 9 aliphatic rings. The van der Waals surface area contributed by atoms with Gasteiger partial charge in [-0.05, 0) is 114 Å². The summed E-state index contributed by atoms with van der Waals surface area (Å²) in [6.07, 6.45) is -15.3. The standard InChI is InChI=1S/C82H86Cl2N8O29/c1-3-4-5-6-7-8-9-10-11-55(98)87-64-67(101)69(103)72(80(113)114)121-81(64)120-71-52-26-37-27-53(71)117-49-20-16-36(24-44(49)83)65(99)63-78(110)91-62(79(111)112)42-28-38(94)29-51(118-82-70(104)68(102)66(100)54(32-93)119-82)56(42)41-23-34(14-19-46(41)95)59(75(107)92-63)88-76(108)60(37)89-77(109)61-43-30-40(31-48(97)57(43)84)116-50-21-15-35(25-47(50)96)58(85-2)74(106)86-45(73(105)90-61)22-33-12-17-39(115-52)18-13-33/h12-21,23-31,45,54,58-70,72,81-82,85,93-97,99-104H,3-11,22,32H2,1-2H3,(H,86,106)(H,87,98)(H,88,108)(H,89,109)(H,90,105)(H,91,110)(H,92,107)(H,111,112)(H,113,114)/t45-,54-,58-,59-,60-,61+,62+,63+,64-,65-,66-,67-,68+,69+,70+,72+,81-,82+/m1/s1. The Labute approximate surface area is 697 Å². The van der Waals surface area contributed by atoms with Crippen molar-refractivity contribution in [3.05, 3.63) is 164 Å². The zero-order valence-electron chi connectivity index (χ0n) is 64.2. The number of aliphatic carboxylic acids is 2. The summed E-state index contributed by atoms with van der Waals surface area (Å²) >= 11 is 14.2. The van der Waals surface area contributed by atoms with E-state index in [0.717, 1.165) is 111 Å². The number of likely N-dealkylation sites (N-methyl/N-ethyl adjacent to an activating group) is 1. The van der Waals surface area contributed by atoms with E-state index in [2.05, 4.69) is 49.5 Å². The number of hydrogen-bond donors (Lipinski definition) is 21. The van der Waals surface area contributed by atoms with Gasteiger partial charge in [0.2, 0.25) is 59.7 Å². The predicted octanol–water partition coefficient (Wildman–Crippen LogP) is 3.94. The fraction of sp³-hybridized carbons (Fsp3) is 0.378. The van der Waals surface area contributed by atoms with Gasteiger partial charge in [0.15, 0.2) is 35.1 Å². The molecule has 2 fully saturated rings. The quantitative estimate of drug-likeness (QED) is 0.0541. The lowest BCUT2D eigenvalue weighted by Gasteiger charge is -2.41. The highest BCUT2D eigenvalue weighted by molar-refractivity contribution is 6.33. The monoisotopic (exact) mass is 1720 g/mol. The summed E-state index contributed by atoms with van der Waals surface area (Å²) in [6, 6.07) is 4.39. The van der Waals surface area contributed by atoms with Crippen LogP contribution >= 0.6 is 23.2 Å². The largest absolute Gasteiger partial charge is 0.508 e. The molecule has 18 atom stereocenters. The Balaban J connectivity index is 1.04. The molecular weight excluding hydrogens is 1630 g/mol. The topological polar surface area (TPSA) is 577 Å². The molecule has 7 amide bonds. The third-order valence-electron chi connectivity index (χ3n) is 21.5. The number of hydrogen-bond acceptors (Lipinski definition) is 28. The van der Waals surface area contributed by atoms with Crippen LogP contribution in [0.4, 0.5) is 0 Å². The molecule has 0 aliphatic carbocycles. The van der Waals surface area contributed by atoms with E-state index < -0.39 is 271 Å². The first-order valence-corrected chi connectivity index (χ1v) is 39.3. The van der Waals surface area contributed by atoms with Crippen LogP contribution in [0.1, 0.15) is 140 Å². The summed E-state index contributed by atoms with van der Waals surface area (Å²) in [4.78, 5) is 136. The number of nitrogens with one attached hydrogen (secondary N) is 8. The van der Waals surface area contributed by atoms with E-state index in [1.807, 2.05) is 0 Å². The number of unbranched alkanes of at least 4 members (excludes halogenated alkanes) is 7. The molecule has 21 N–H and O–H groups in total. The first kappa shape index (κ1) is 87.0. The molecular formula is C82H86Cl2N8O29. The number of halogens is 2. The van der Waals surface area contributed by atoms with Crippen LogP contribution in [0.3, 0.4) is 0 Å². The summed E-state index contributed by atoms with van der Waals surface area (Å²) in [5.41, 5.74) is -3.33. The van der Waals surface area contributed by atoms with Gasteiger partial charge >= 0.3 is 11.9 Å². The second-order valence-corrected chi connectivity index (χ2v) is 30.5. The van der Waals surface area contributed by atoms with Gasteiger partial charge in [-0.2, -0.15) is 0 Å². The molecule has 16 rings (SSSR count). The van der Waals surface area contributed by atoms with Crippen molar-refractivity contribution in [1.82, 2.24) is 42.5 Å². The lowest BCUT2D eigenvalue weighted by atomic mass is 9.89. The third kappa shape index (κ3) is 18.7. The average molecular weight is 1720 g/mol. The van der Waals surface area contributed by atoms with E-state index >= 15 is 24.0 Å². The molecule has 0 aromatic heterocycles. The third-order valence-corrected chi connectivity index (χ3v) is 22.2.